The molecule has 7 nitrogen and oxygen atoms in total. The number of hydrogen-bond donors (Lipinski definition) is 1. The minimum Gasteiger partial charge on any atom is -0.507 e. The van der Waals surface area contributed by atoms with Gasteiger partial charge in [-0.25, -0.2) is 4.98 Å². The SMILES string of the molecule is COc1ccc(OC)c(/C(O)=C2\C(=O)C(=O)N(c3nc4ccc(C(C)C)cc4s3)C2c2cccs2)c1. The van der Waals surface area contributed by atoms with Crippen LogP contribution < -0.4 is 14.4 Å². The van der Waals surface area contributed by atoms with Crippen molar-refractivity contribution in [1.29, 1.82) is 0 Å². The number of aromatic nitrogens is 1. The minimum absolute atomic E-state index is 0.0175. The van der Waals surface area contributed by atoms with Gasteiger partial charge in [0.05, 0.1) is 35.6 Å². The number of carbonyl (C=O) groups excluding carboxylic acids is 2. The number of methoxy groups -OCH3 is 2. The quantitative estimate of drug-likeness (QED) is 0.187. The number of amides is 1. The van der Waals surface area contributed by atoms with E-state index in [2.05, 4.69) is 19.9 Å². The molecular weight excluding hydrogens is 496 g/mol. The topological polar surface area (TPSA) is 89.0 Å². The Labute approximate surface area is 216 Å². The summed E-state index contributed by atoms with van der Waals surface area (Å²) in [5.41, 5.74) is 2.17. The highest BCUT2D eigenvalue weighted by atomic mass is 32.1. The van der Waals surface area contributed by atoms with Crippen LogP contribution in [0, 0.1) is 0 Å². The normalized spacial score (nSPS) is 17.4. The lowest BCUT2D eigenvalue weighted by atomic mass is 9.99. The second kappa shape index (κ2) is 9.40. The fourth-order valence-electron chi connectivity index (χ4n) is 4.28. The number of thiophene rings is 1. The Morgan fingerprint density at radius 3 is 2.56 bits per heavy atom. The Morgan fingerprint density at radius 2 is 1.89 bits per heavy atom. The van der Waals surface area contributed by atoms with Gasteiger partial charge in [-0.2, -0.15) is 0 Å². The van der Waals surface area contributed by atoms with Crippen molar-refractivity contribution in [1.82, 2.24) is 4.98 Å². The number of aliphatic hydroxyl groups is 1. The minimum atomic E-state index is -0.828. The van der Waals surface area contributed by atoms with E-state index in [1.165, 1.54) is 47.4 Å². The van der Waals surface area contributed by atoms with E-state index < -0.39 is 17.7 Å². The molecule has 5 rings (SSSR count). The maximum absolute atomic E-state index is 13.4. The van der Waals surface area contributed by atoms with E-state index in [0.717, 1.165) is 15.1 Å². The van der Waals surface area contributed by atoms with Crippen LogP contribution in [0.5, 0.6) is 11.5 Å². The van der Waals surface area contributed by atoms with Gasteiger partial charge in [-0.1, -0.05) is 37.3 Å². The number of ether oxygens (including phenoxy) is 2. The number of hydrogen-bond acceptors (Lipinski definition) is 8. The van der Waals surface area contributed by atoms with Crippen molar-refractivity contribution in [3.8, 4) is 11.5 Å². The lowest BCUT2D eigenvalue weighted by Crippen LogP contribution is -2.28. The van der Waals surface area contributed by atoms with Crippen LogP contribution in [0.15, 0.2) is 59.5 Å². The molecule has 1 aliphatic rings. The van der Waals surface area contributed by atoms with Gasteiger partial charge in [0.1, 0.15) is 23.3 Å². The highest BCUT2D eigenvalue weighted by molar-refractivity contribution is 7.22. The number of rotatable bonds is 6. The highest BCUT2D eigenvalue weighted by Crippen LogP contribution is 2.46. The standard InChI is InChI=1S/C27H24N2O5S2/c1-14(2)15-7-9-18-21(12-15)36-27(28-18)29-23(20-6-5-11-35-20)22(25(31)26(29)32)24(30)17-13-16(33-3)8-10-19(17)34-4/h5-14,23,30H,1-4H3/b24-22+. The van der Waals surface area contributed by atoms with Crippen LogP contribution in [0.2, 0.25) is 0 Å². The number of ketones is 1. The van der Waals surface area contributed by atoms with Gasteiger partial charge in [0.2, 0.25) is 0 Å². The second-order valence-corrected chi connectivity index (χ2v) is 10.6. The summed E-state index contributed by atoms with van der Waals surface area (Å²) < 4.78 is 11.7. The molecule has 4 aromatic rings. The fourth-order valence-corrected chi connectivity index (χ4v) is 6.15. The van der Waals surface area contributed by atoms with Gasteiger partial charge in [-0.3, -0.25) is 14.5 Å². The smallest absolute Gasteiger partial charge is 0.301 e. The molecule has 1 fully saturated rings. The summed E-state index contributed by atoms with van der Waals surface area (Å²) >= 11 is 2.75. The van der Waals surface area contributed by atoms with Crippen LogP contribution in [0.4, 0.5) is 5.13 Å². The van der Waals surface area contributed by atoms with Gasteiger partial charge in [-0.05, 0) is 53.3 Å². The molecule has 184 valence electrons. The number of fused-ring (bicyclic) bond motifs is 1. The van der Waals surface area contributed by atoms with Gasteiger partial charge in [0.15, 0.2) is 5.13 Å². The van der Waals surface area contributed by atoms with Gasteiger partial charge in [0.25, 0.3) is 5.78 Å². The Kier molecular flexibility index (Phi) is 6.27. The summed E-state index contributed by atoms with van der Waals surface area (Å²) in [6, 6.07) is 13.8. The lowest BCUT2D eigenvalue weighted by Gasteiger charge is -2.21. The molecule has 1 aliphatic heterocycles. The van der Waals surface area contributed by atoms with Crippen LogP contribution >= 0.6 is 22.7 Å². The molecule has 1 saturated heterocycles. The van der Waals surface area contributed by atoms with E-state index in [4.69, 9.17) is 14.5 Å². The maximum atomic E-state index is 13.4. The predicted molar refractivity (Wildman–Crippen MR) is 142 cm³/mol. The average Bonchev–Trinajstić information content (AvgIpc) is 3.61. The average molecular weight is 521 g/mol. The molecule has 0 saturated carbocycles. The number of anilines is 1. The third kappa shape index (κ3) is 3.94. The van der Waals surface area contributed by atoms with Crippen LogP contribution in [0.25, 0.3) is 16.0 Å². The van der Waals surface area contributed by atoms with Crippen molar-refractivity contribution in [3.63, 3.8) is 0 Å². The Balaban J connectivity index is 1.71. The summed E-state index contributed by atoms with van der Waals surface area (Å²) in [4.78, 5) is 33.7. The van der Waals surface area contributed by atoms with Crippen LogP contribution in [0.3, 0.4) is 0 Å². The molecule has 3 heterocycles. The van der Waals surface area contributed by atoms with E-state index in [1.807, 2.05) is 29.6 Å². The molecule has 0 aliphatic carbocycles. The summed E-state index contributed by atoms with van der Waals surface area (Å²) in [6.45, 7) is 4.23. The van der Waals surface area contributed by atoms with E-state index in [9.17, 15) is 14.7 Å². The Bertz CT molecular complexity index is 1500. The third-order valence-electron chi connectivity index (χ3n) is 6.19. The molecule has 1 N–H and O–H groups in total. The molecule has 1 unspecified atom stereocenters. The number of carbonyl (C=O) groups is 2. The monoisotopic (exact) mass is 520 g/mol. The lowest BCUT2D eigenvalue weighted by molar-refractivity contribution is -0.132. The molecule has 0 spiro atoms. The largest absolute Gasteiger partial charge is 0.507 e. The number of aliphatic hydroxyl groups excluding tert-OH is 1. The first-order valence-electron chi connectivity index (χ1n) is 11.3. The summed E-state index contributed by atoms with van der Waals surface area (Å²) in [7, 11) is 2.98. The van der Waals surface area contributed by atoms with E-state index in [1.54, 1.807) is 18.2 Å². The maximum Gasteiger partial charge on any atom is 0.301 e. The predicted octanol–water partition coefficient (Wildman–Crippen LogP) is 6.12. The molecule has 2 aromatic carbocycles. The van der Waals surface area contributed by atoms with Crippen molar-refractivity contribution in [2.45, 2.75) is 25.8 Å². The van der Waals surface area contributed by atoms with Gasteiger partial charge in [-0.15, -0.1) is 11.3 Å². The second-order valence-electron chi connectivity index (χ2n) is 8.63. The summed E-state index contributed by atoms with van der Waals surface area (Å²) in [5.74, 6) is -0.666. The first kappa shape index (κ1) is 24.0. The molecular formula is C27H24N2O5S2. The molecule has 0 bridgehead atoms. The van der Waals surface area contributed by atoms with Crippen LogP contribution in [0.1, 0.15) is 41.8 Å². The summed E-state index contributed by atoms with van der Waals surface area (Å²) in [6.07, 6.45) is 0. The molecule has 1 amide bonds. The highest BCUT2D eigenvalue weighted by Gasteiger charge is 2.49. The Hall–Kier alpha value is -3.69. The first-order chi connectivity index (χ1) is 17.3. The van der Waals surface area contributed by atoms with Crippen LogP contribution in [-0.2, 0) is 9.59 Å². The van der Waals surface area contributed by atoms with Crippen LogP contribution in [-0.4, -0.2) is 36.0 Å². The van der Waals surface area contributed by atoms with Crippen molar-refractivity contribution >= 4 is 55.5 Å². The van der Waals surface area contributed by atoms with Gasteiger partial charge >= 0.3 is 5.91 Å². The van der Waals surface area contributed by atoms with Crippen molar-refractivity contribution in [3.05, 3.63) is 75.5 Å². The van der Waals surface area contributed by atoms with Crippen molar-refractivity contribution < 1.29 is 24.2 Å². The zero-order chi connectivity index (χ0) is 25.6. The number of benzene rings is 2. The van der Waals surface area contributed by atoms with Crippen molar-refractivity contribution in [2.75, 3.05) is 19.1 Å². The van der Waals surface area contributed by atoms with Crippen molar-refractivity contribution in [2.24, 2.45) is 0 Å². The molecule has 0 radical (unpaired) electrons. The molecule has 36 heavy (non-hydrogen) atoms. The van der Waals surface area contributed by atoms with Gasteiger partial charge < -0.3 is 14.6 Å². The fraction of sp³-hybridized carbons (Fsp3) is 0.222. The molecule has 1 atom stereocenters. The first-order valence-corrected chi connectivity index (χ1v) is 13.0. The third-order valence-corrected chi connectivity index (χ3v) is 8.14. The van der Waals surface area contributed by atoms with E-state index in [0.29, 0.717) is 22.5 Å². The Morgan fingerprint density at radius 1 is 1.08 bits per heavy atom. The number of thiazole rings is 1. The van der Waals surface area contributed by atoms with Gasteiger partial charge in [0, 0.05) is 4.88 Å². The number of Topliss-reactive ketones (excluding diaryl/α,β-unsaturated/α-hetero) is 1. The zero-order valence-corrected chi connectivity index (χ0v) is 21.8. The van der Waals surface area contributed by atoms with E-state index in [-0.39, 0.29) is 16.9 Å². The number of nitrogens with zero attached hydrogens (tertiary/aromatic N) is 2. The molecule has 2 aromatic heterocycles. The summed E-state index contributed by atoms with van der Waals surface area (Å²) in [5, 5.41) is 13.7. The molecule has 9 heteroatoms. The zero-order valence-electron chi connectivity index (χ0n) is 20.1. The van der Waals surface area contributed by atoms with E-state index >= 15 is 0 Å².